The van der Waals surface area contributed by atoms with E-state index in [1.165, 1.54) is 4.88 Å². The molecule has 144 valence electrons. The van der Waals surface area contributed by atoms with Crippen molar-refractivity contribution in [2.75, 3.05) is 45.9 Å². The van der Waals surface area contributed by atoms with Crippen LogP contribution in [0.25, 0.3) is 0 Å². The monoisotopic (exact) mass is 500 g/mol. The number of morpholine rings is 1. The number of thiophene rings is 1. The Kier molecular flexibility index (Phi) is 10.6. The van der Waals surface area contributed by atoms with Gasteiger partial charge in [-0.1, -0.05) is 11.6 Å². The van der Waals surface area contributed by atoms with Crippen LogP contribution in [0.3, 0.4) is 0 Å². The summed E-state index contributed by atoms with van der Waals surface area (Å²) in [7, 11) is 0. The molecule has 0 atom stereocenters. The zero-order valence-electron chi connectivity index (χ0n) is 15.3. The third kappa shape index (κ3) is 7.99. The van der Waals surface area contributed by atoms with Crippen molar-refractivity contribution < 1.29 is 4.74 Å². The third-order valence-electron chi connectivity index (χ3n) is 4.13. The zero-order valence-corrected chi connectivity index (χ0v) is 19.2. The lowest BCUT2D eigenvalue weighted by molar-refractivity contribution is -0.00683. The number of halogens is 2. The van der Waals surface area contributed by atoms with Crippen LogP contribution in [0.15, 0.2) is 17.1 Å². The van der Waals surface area contributed by atoms with E-state index in [2.05, 4.69) is 42.4 Å². The minimum absolute atomic E-state index is 0. The zero-order chi connectivity index (χ0) is 17.4. The Morgan fingerprint density at radius 3 is 2.64 bits per heavy atom. The molecule has 2 N–H and O–H groups in total. The Morgan fingerprint density at radius 2 is 2.04 bits per heavy atom. The number of hydrogen-bond acceptors (Lipinski definition) is 4. The average molecular weight is 501 g/mol. The Labute approximate surface area is 177 Å². The van der Waals surface area contributed by atoms with Crippen molar-refractivity contribution in [3.8, 4) is 0 Å². The van der Waals surface area contributed by atoms with Gasteiger partial charge in [0, 0.05) is 36.6 Å². The maximum atomic E-state index is 5.97. The molecule has 0 amide bonds. The van der Waals surface area contributed by atoms with Gasteiger partial charge in [-0.25, -0.2) is 0 Å². The second-order valence-corrected chi connectivity index (χ2v) is 8.29. The molecule has 1 aliphatic heterocycles. The smallest absolute Gasteiger partial charge is 0.191 e. The van der Waals surface area contributed by atoms with E-state index in [0.717, 1.165) is 62.7 Å². The van der Waals surface area contributed by atoms with Crippen LogP contribution < -0.4 is 10.6 Å². The van der Waals surface area contributed by atoms with Gasteiger partial charge in [0.1, 0.15) is 0 Å². The molecule has 25 heavy (non-hydrogen) atoms. The fourth-order valence-corrected chi connectivity index (χ4v) is 3.76. The van der Waals surface area contributed by atoms with Crippen LogP contribution in [0.1, 0.15) is 25.6 Å². The summed E-state index contributed by atoms with van der Waals surface area (Å²) >= 11 is 7.61. The fourth-order valence-electron chi connectivity index (χ4n) is 2.67. The summed E-state index contributed by atoms with van der Waals surface area (Å²) < 4.78 is 6.29. The molecule has 0 saturated carbocycles. The SMILES string of the molecule is CCNC(=NCC(C)(C)N1CCOCC1)NCCc1ccc(Cl)s1.I. The first-order chi connectivity index (χ1) is 11.5. The van der Waals surface area contributed by atoms with E-state index < -0.39 is 0 Å². The summed E-state index contributed by atoms with van der Waals surface area (Å²) in [5, 5.41) is 6.74. The van der Waals surface area contributed by atoms with Crippen LogP contribution in [0.5, 0.6) is 0 Å². The van der Waals surface area contributed by atoms with E-state index in [1.54, 1.807) is 11.3 Å². The summed E-state index contributed by atoms with van der Waals surface area (Å²) in [6.45, 7) is 12.6. The predicted octanol–water partition coefficient (Wildman–Crippen LogP) is 3.23. The first-order valence-electron chi connectivity index (χ1n) is 8.60. The maximum absolute atomic E-state index is 5.97. The number of nitrogens with zero attached hydrogens (tertiary/aromatic N) is 2. The van der Waals surface area contributed by atoms with Gasteiger partial charge in [-0.3, -0.25) is 9.89 Å². The minimum atomic E-state index is 0. The fraction of sp³-hybridized carbons (Fsp3) is 0.706. The number of nitrogens with one attached hydrogen (secondary N) is 2. The standard InChI is InChI=1S/C17H29ClN4OS.HI/c1-4-19-16(20-8-7-14-5-6-15(18)24-14)21-13-17(2,3)22-9-11-23-12-10-22;/h5-6H,4,7-13H2,1-3H3,(H2,19,20,21);1H. The lowest BCUT2D eigenvalue weighted by Gasteiger charge is -2.39. The van der Waals surface area contributed by atoms with E-state index in [1.807, 2.05) is 6.07 Å². The number of aliphatic imine (C=N–C) groups is 1. The molecule has 2 heterocycles. The highest BCUT2D eigenvalue weighted by molar-refractivity contribution is 14.0. The van der Waals surface area contributed by atoms with Crippen molar-refractivity contribution in [2.45, 2.75) is 32.7 Å². The molecule has 0 spiro atoms. The number of rotatable bonds is 7. The lowest BCUT2D eigenvalue weighted by atomic mass is 10.0. The minimum Gasteiger partial charge on any atom is -0.379 e. The molecule has 0 aliphatic carbocycles. The normalized spacial score (nSPS) is 16.4. The third-order valence-corrected chi connectivity index (χ3v) is 5.42. The first kappa shape index (κ1) is 23.0. The molecule has 1 aliphatic rings. The Hall–Kier alpha value is -0.0900. The van der Waals surface area contributed by atoms with Crippen molar-refractivity contribution >= 4 is 52.9 Å². The molecule has 8 heteroatoms. The van der Waals surface area contributed by atoms with Crippen molar-refractivity contribution in [1.29, 1.82) is 0 Å². The van der Waals surface area contributed by atoms with Gasteiger partial charge in [-0.05, 0) is 39.3 Å². The van der Waals surface area contributed by atoms with Crippen molar-refractivity contribution in [2.24, 2.45) is 4.99 Å². The van der Waals surface area contributed by atoms with Gasteiger partial charge < -0.3 is 15.4 Å². The van der Waals surface area contributed by atoms with Gasteiger partial charge in [0.15, 0.2) is 5.96 Å². The highest BCUT2D eigenvalue weighted by Crippen LogP contribution is 2.21. The number of hydrogen-bond donors (Lipinski definition) is 2. The Balaban J connectivity index is 0.00000312. The molecule has 1 saturated heterocycles. The first-order valence-corrected chi connectivity index (χ1v) is 9.80. The molecule has 2 rings (SSSR count). The van der Waals surface area contributed by atoms with Crippen molar-refractivity contribution in [1.82, 2.24) is 15.5 Å². The molecular formula is C17H30ClIN4OS. The Bertz CT molecular complexity index is 532. The molecule has 0 unspecified atom stereocenters. The van der Waals surface area contributed by atoms with Crippen molar-refractivity contribution in [3.63, 3.8) is 0 Å². The van der Waals surface area contributed by atoms with Crippen LogP contribution >= 0.6 is 46.9 Å². The van der Waals surface area contributed by atoms with E-state index in [-0.39, 0.29) is 29.5 Å². The van der Waals surface area contributed by atoms with E-state index in [0.29, 0.717) is 0 Å². The second kappa shape index (κ2) is 11.6. The Morgan fingerprint density at radius 1 is 1.32 bits per heavy atom. The highest BCUT2D eigenvalue weighted by Gasteiger charge is 2.28. The molecular weight excluding hydrogens is 471 g/mol. The van der Waals surface area contributed by atoms with Crippen LogP contribution in [0.2, 0.25) is 4.34 Å². The molecule has 1 fully saturated rings. The largest absolute Gasteiger partial charge is 0.379 e. The molecule has 1 aromatic rings. The molecule has 0 radical (unpaired) electrons. The lowest BCUT2D eigenvalue weighted by Crippen LogP contribution is -2.52. The predicted molar refractivity (Wildman–Crippen MR) is 119 cm³/mol. The summed E-state index contributed by atoms with van der Waals surface area (Å²) in [5.41, 5.74) is 0.0351. The summed E-state index contributed by atoms with van der Waals surface area (Å²) in [5.74, 6) is 0.876. The molecule has 5 nitrogen and oxygen atoms in total. The summed E-state index contributed by atoms with van der Waals surface area (Å²) in [6.07, 6.45) is 0.953. The van der Waals surface area contributed by atoms with Crippen molar-refractivity contribution in [3.05, 3.63) is 21.3 Å². The number of guanidine groups is 1. The number of ether oxygens (including phenoxy) is 1. The quantitative estimate of drug-likeness (QED) is 0.343. The highest BCUT2D eigenvalue weighted by atomic mass is 127. The van der Waals surface area contributed by atoms with E-state index in [4.69, 9.17) is 21.3 Å². The summed E-state index contributed by atoms with van der Waals surface area (Å²) in [6, 6.07) is 4.03. The molecule has 0 aromatic carbocycles. The van der Waals surface area contributed by atoms with Gasteiger partial charge in [0.2, 0.25) is 0 Å². The summed E-state index contributed by atoms with van der Waals surface area (Å²) in [4.78, 5) is 8.53. The van der Waals surface area contributed by atoms with Gasteiger partial charge >= 0.3 is 0 Å². The average Bonchev–Trinajstić information content (AvgIpc) is 2.99. The second-order valence-electron chi connectivity index (χ2n) is 6.49. The topological polar surface area (TPSA) is 48.9 Å². The van der Waals surface area contributed by atoms with E-state index in [9.17, 15) is 0 Å². The van der Waals surface area contributed by atoms with Crippen LogP contribution in [-0.2, 0) is 11.2 Å². The van der Waals surface area contributed by atoms with Crippen LogP contribution in [-0.4, -0.2) is 62.3 Å². The van der Waals surface area contributed by atoms with Gasteiger partial charge in [-0.2, -0.15) is 0 Å². The van der Waals surface area contributed by atoms with E-state index >= 15 is 0 Å². The molecule has 0 bridgehead atoms. The van der Waals surface area contributed by atoms with Gasteiger partial charge in [0.05, 0.1) is 24.1 Å². The molecule has 1 aromatic heterocycles. The van der Waals surface area contributed by atoms with Gasteiger partial charge in [-0.15, -0.1) is 35.3 Å². The van der Waals surface area contributed by atoms with Crippen LogP contribution in [0.4, 0.5) is 0 Å². The van der Waals surface area contributed by atoms with Crippen LogP contribution in [0, 0.1) is 0 Å². The maximum Gasteiger partial charge on any atom is 0.191 e. The van der Waals surface area contributed by atoms with Gasteiger partial charge in [0.25, 0.3) is 0 Å².